The fourth-order valence-electron chi connectivity index (χ4n) is 1.44. The SMILES string of the molecule is NC(=O)C1NNNC1Nc1ccc(Cl)cc1. The molecule has 86 valence electrons. The smallest absolute Gasteiger partial charge is 0.239 e. The van der Waals surface area contributed by atoms with Gasteiger partial charge in [-0.2, -0.15) is 5.53 Å². The monoisotopic (exact) mass is 241 g/mol. The molecule has 1 aliphatic heterocycles. The van der Waals surface area contributed by atoms with Gasteiger partial charge in [0.15, 0.2) is 0 Å². The average molecular weight is 242 g/mol. The van der Waals surface area contributed by atoms with Crippen LogP contribution in [0.4, 0.5) is 5.69 Å². The highest BCUT2D eigenvalue weighted by Crippen LogP contribution is 2.14. The molecule has 6 N–H and O–H groups in total. The summed E-state index contributed by atoms with van der Waals surface area (Å²) in [5.74, 6) is -0.441. The summed E-state index contributed by atoms with van der Waals surface area (Å²) in [6.45, 7) is 0. The van der Waals surface area contributed by atoms with Gasteiger partial charge in [-0.25, -0.2) is 10.9 Å². The van der Waals surface area contributed by atoms with Gasteiger partial charge in [0.1, 0.15) is 12.2 Å². The van der Waals surface area contributed by atoms with Gasteiger partial charge >= 0.3 is 0 Å². The molecule has 2 rings (SSSR count). The summed E-state index contributed by atoms with van der Waals surface area (Å²) in [5, 5.41) is 3.76. The molecule has 0 saturated carbocycles. The van der Waals surface area contributed by atoms with Gasteiger partial charge in [0.05, 0.1) is 0 Å². The van der Waals surface area contributed by atoms with Crippen molar-refractivity contribution < 1.29 is 4.79 Å². The van der Waals surface area contributed by atoms with Crippen LogP contribution in [0.1, 0.15) is 0 Å². The first-order chi connectivity index (χ1) is 7.66. The molecule has 1 fully saturated rings. The highest BCUT2D eigenvalue weighted by atomic mass is 35.5. The molecule has 1 saturated heterocycles. The summed E-state index contributed by atoms with van der Waals surface area (Å²) < 4.78 is 0. The van der Waals surface area contributed by atoms with Crippen molar-refractivity contribution in [3.8, 4) is 0 Å². The molecule has 1 aliphatic rings. The van der Waals surface area contributed by atoms with E-state index >= 15 is 0 Å². The molecule has 1 aromatic rings. The number of primary amides is 1. The minimum Gasteiger partial charge on any atom is -0.368 e. The Labute approximate surface area is 97.5 Å². The molecule has 0 aliphatic carbocycles. The Morgan fingerprint density at radius 2 is 2.00 bits per heavy atom. The topological polar surface area (TPSA) is 91.2 Å². The van der Waals surface area contributed by atoms with Crippen LogP contribution in [0.3, 0.4) is 0 Å². The minimum atomic E-state index is -0.518. The van der Waals surface area contributed by atoms with Gasteiger partial charge in [-0.1, -0.05) is 11.6 Å². The first-order valence-electron chi connectivity index (χ1n) is 4.74. The molecule has 0 aromatic heterocycles. The lowest BCUT2D eigenvalue weighted by Gasteiger charge is -2.17. The van der Waals surface area contributed by atoms with Crippen molar-refractivity contribution in [3.05, 3.63) is 29.3 Å². The Hall–Kier alpha value is -1.34. The minimum absolute atomic E-state index is 0.307. The maximum Gasteiger partial charge on any atom is 0.239 e. The van der Waals surface area contributed by atoms with E-state index in [1.165, 1.54) is 0 Å². The molecule has 1 amide bonds. The Kier molecular flexibility index (Phi) is 3.25. The largest absolute Gasteiger partial charge is 0.368 e. The van der Waals surface area contributed by atoms with E-state index in [2.05, 4.69) is 21.7 Å². The maximum absolute atomic E-state index is 11.1. The van der Waals surface area contributed by atoms with Gasteiger partial charge in [0.2, 0.25) is 5.91 Å². The molecule has 2 unspecified atom stereocenters. The number of benzene rings is 1. The summed E-state index contributed by atoms with van der Waals surface area (Å²) in [5.41, 5.74) is 14.3. The third-order valence-electron chi connectivity index (χ3n) is 2.26. The van der Waals surface area contributed by atoms with E-state index in [0.717, 1.165) is 5.69 Å². The molecule has 1 aromatic carbocycles. The van der Waals surface area contributed by atoms with Crippen LogP contribution < -0.4 is 27.4 Å². The van der Waals surface area contributed by atoms with Crippen molar-refractivity contribution in [1.82, 2.24) is 16.4 Å². The number of halogens is 1. The summed E-state index contributed by atoms with van der Waals surface area (Å²) in [6.07, 6.45) is -0.307. The molecule has 0 spiro atoms. The van der Waals surface area contributed by atoms with Crippen LogP contribution in [-0.2, 0) is 4.79 Å². The summed E-state index contributed by atoms with van der Waals surface area (Å²) in [6, 6.07) is 6.65. The van der Waals surface area contributed by atoms with Crippen LogP contribution in [0.2, 0.25) is 5.02 Å². The Bertz CT molecular complexity index is 382. The predicted octanol–water partition coefficient (Wildman–Crippen LogP) is -0.456. The summed E-state index contributed by atoms with van der Waals surface area (Å²) in [4.78, 5) is 11.1. The van der Waals surface area contributed by atoms with E-state index < -0.39 is 11.9 Å². The van der Waals surface area contributed by atoms with Gasteiger partial charge in [-0.15, -0.1) is 0 Å². The second-order valence-corrected chi connectivity index (χ2v) is 3.86. The number of rotatable bonds is 3. The first kappa shape index (κ1) is 11.2. The molecule has 16 heavy (non-hydrogen) atoms. The lowest BCUT2D eigenvalue weighted by atomic mass is 10.2. The highest BCUT2D eigenvalue weighted by molar-refractivity contribution is 6.30. The second kappa shape index (κ2) is 4.67. The van der Waals surface area contributed by atoms with Crippen molar-refractivity contribution in [2.75, 3.05) is 5.32 Å². The molecular formula is C9H12ClN5O. The number of hydrogen-bond donors (Lipinski definition) is 5. The third kappa shape index (κ3) is 2.42. The Morgan fingerprint density at radius 3 is 2.62 bits per heavy atom. The fourth-order valence-corrected chi connectivity index (χ4v) is 1.57. The van der Waals surface area contributed by atoms with Crippen LogP contribution >= 0.6 is 11.6 Å². The molecule has 1 heterocycles. The van der Waals surface area contributed by atoms with Gasteiger partial charge < -0.3 is 11.1 Å². The van der Waals surface area contributed by atoms with Crippen LogP contribution in [-0.4, -0.2) is 18.1 Å². The Morgan fingerprint density at radius 1 is 1.31 bits per heavy atom. The highest BCUT2D eigenvalue weighted by Gasteiger charge is 2.30. The number of hydrogen-bond acceptors (Lipinski definition) is 5. The van der Waals surface area contributed by atoms with E-state index in [1.807, 2.05) is 12.1 Å². The van der Waals surface area contributed by atoms with Crippen molar-refractivity contribution in [3.63, 3.8) is 0 Å². The summed E-state index contributed by atoms with van der Waals surface area (Å²) in [7, 11) is 0. The zero-order valence-corrected chi connectivity index (χ0v) is 9.08. The van der Waals surface area contributed by atoms with Gasteiger partial charge in [0, 0.05) is 10.7 Å². The zero-order chi connectivity index (χ0) is 11.5. The second-order valence-electron chi connectivity index (χ2n) is 3.42. The van der Waals surface area contributed by atoms with Gasteiger partial charge in [-0.3, -0.25) is 4.79 Å². The standard InChI is InChI=1S/C9H12ClN5O/c10-5-1-3-6(4-2-5)12-9-7(8(11)16)13-15-14-9/h1-4,7,9,12-15H,(H2,11,16). The van der Waals surface area contributed by atoms with Crippen LogP contribution in [0.5, 0.6) is 0 Å². The van der Waals surface area contributed by atoms with Gasteiger partial charge in [-0.05, 0) is 24.3 Å². The number of hydrazine groups is 2. The van der Waals surface area contributed by atoms with Crippen molar-refractivity contribution in [2.24, 2.45) is 5.73 Å². The number of amides is 1. The van der Waals surface area contributed by atoms with E-state index in [0.29, 0.717) is 5.02 Å². The van der Waals surface area contributed by atoms with Crippen LogP contribution in [0.15, 0.2) is 24.3 Å². The van der Waals surface area contributed by atoms with Crippen molar-refractivity contribution in [2.45, 2.75) is 12.2 Å². The molecular weight excluding hydrogens is 230 g/mol. The number of nitrogens with one attached hydrogen (secondary N) is 4. The predicted molar refractivity (Wildman–Crippen MR) is 61.3 cm³/mol. The molecule has 7 heteroatoms. The quantitative estimate of drug-likeness (QED) is 0.494. The number of carbonyl (C=O) groups excluding carboxylic acids is 1. The van der Waals surface area contributed by atoms with Crippen LogP contribution in [0, 0.1) is 0 Å². The van der Waals surface area contributed by atoms with Crippen molar-refractivity contribution in [1.29, 1.82) is 0 Å². The molecule has 0 bridgehead atoms. The lowest BCUT2D eigenvalue weighted by Crippen LogP contribution is -2.48. The van der Waals surface area contributed by atoms with Crippen molar-refractivity contribution >= 4 is 23.2 Å². The van der Waals surface area contributed by atoms with Crippen LogP contribution in [0.25, 0.3) is 0 Å². The molecule has 2 atom stereocenters. The van der Waals surface area contributed by atoms with E-state index in [4.69, 9.17) is 17.3 Å². The number of anilines is 1. The third-order valence-corrected chi connectivity index (χ3v) is 2.51. The zero-order valence-electron chi connectivity index (χ0n) is 8.33. The average Bonchev–Trinajstić information content (AvgIpc) is 2.69. The molecule has 0 radical (unpaired) electrons. The van der Waals surface area contributed by atoms with E-state index in [1.54, 1.807) is 12.1 Å². The maximum atomic E-state index is 11.1. The number of carbonyl (C=O) groups is 1. The summed E-state index contributed by atoms with van der Waals surface area (Å²) >= 11 is 5.77. The first-order valence-corrected chi connectivity index (χ1v) is 5.12. The van der Waals surface area contributed by atoms with E-state index in [-0.39, 0.29) is 6.17 Å². The Balaban J connectivity index is 2.03. The van der Waals surface area contributed by atoms with E-state index in [9.17, 15) is 4.79 Å². The fraction of sp³-hybridized carbons (Fsp3) is 0.222. The van der Waals surface area contributed by atoms with Gasteiger partial charge in [0.25, 0.3) is 0 Å². The number of nitrogens with two attached hydrogens (primary N) is 1. The normalized spacial score (nSPS) is 24.3. The molecule has 6 nitrogen and oxygen atoms in total. The lowest BCUT2D eigenvalue weighted by molar-refractivity contribution is -0.119.